The molecule has 0 saturated heterocycles. The summed E-state index contributed by atoms with van der Waals surface area (Å²) >= 11 is 7.75. The van der Waals surface area contributed by atoms with Crippen LogP contribution in [0.5, 0.6) is 0 Å². The van der Waals surface area contributed by atoms with Crippen LogP contribution in [0, 0.1) is 0 Å². The number of rotatable bonds is 0. The van der Waals surface area contributed by atoms with Crippen LogP contribution in [0.25, 0.3) is 5.57 Å². The van der Waals surface area contributed by atoms with Crippen molar-refractivity contribution in [2.75, 3.05) is 0 Å². The van der Waals surface area contributed by atoms with E-state index in [9.17, 15) is 0 Å². The summed E-state index contributed by atoms with van der Waals surface area (Å²) in [6, 6.07) is 2.19. The van der Waals surface area contributed by atoms with E-state index < -0.39 is 0 Å². The van der Waals surface area contributed by atoms with Crippen molar-refractivity contribution in [1.82, 2.24) is 5.32 Å². The zero-order chi connectivity index (χ0) is 10.6. The molecule has 78 valence electrons. The van der Waals surface area contributed by atoms with Crippen LogP contribution in [-0.4, -0.2) is 11.8 Å². The lowest BCUT2D eigenvalue weighted by molar-refractivity contribution is 0.563. The van der Waals surface area contributed by atoms with Crippen LogP contribution in [0.15, 0.2) is 22.1 Å². The van der Waals surface area contributed by atoms with Crippen LogP contribution in [0.2, 0.25) is 0 Å². The fraction of sp³-hybridized carbons (Fsp3) is 0.364. The number of halogens is 1. The maximum Gasteiger partial charge on any atom is 0.195 e. The van der Waals surface area contributed by atoms with Crippen molar-refractivity contribution in [2.45, 2.75) is 24.9 Å². The van der Waals surface area contributed by atoms with Crippen molar-refractivity contribution in [3.8, 4) is 0 Å². The lowest BCUT2D eigenvalue weighted by Gasteiger charge is -2.27. The molecule has 2 nitrogen and oxygen atoms in total. The molecule has 2 heterocycles. The monoisotopic (exact) mass is 238 g/mol. The molecule has 3 rings (SSSR count). The molecule has 1 aliphatic heterocycles. The minimum absolute atomic E-state index is 0.0320. The third kappa shape index (κ3) is 1.13. The van der Waals surface area contributed by atoms with Gasteiger partial charge in [0.2, 0.25) is 0 Å². The average Bonchev–Trinajstić information content (AvgIpc) is 2.72. The molecule has 0 fully saturated rings. The van der Waals surface area contributed by atoms with Crippen molar-refractivity contribution in [2.24, 2.45) is 4.99 Å². The second-order valence-corrected chi connectivity index (χ2v) is 5.66. The minimum Gasteiger partial charge on any atom is -0.353 e. The number of fused-ring (bicyclic) bond motifs is 2. The molecular weight excluding hydrogens is 228 g/mol. The first-order chi connectivity index (χ1) is 7.10. The van der Waals surface area contributed by atoms with E-state index >= 15 is 0 Å². The number of hydrogen-bond donors (Lipinski definition) is 1. The van der Waals surface area contributed by atoms with Gasteiger partial charge in [0.1, 0.15) is 0 Å². The number of allylic oxidation sites excluding steroid dienone is 2. The molecule has 1 N–H and O–H groups in total. The van der Waals surface area contributed by atoms with Gasteiger partial charge in [-0.3, -0.25) is 4.99 Å². The number of alkyl halides is 1. The van der Waals surface area contributed by atoms with E-state index in [0.29, 0.717) is 0 Å². The molecule has 0 saturated carbocycles. The molecule has 1 unspecified atom stereocenters. The van der Waals surface area contributed by atoms with Gasteiger partial charge in [-0.15, -0.1) is 11.3 Å². The van der Waals surface area contributed by atoms with Gasteiger partial charge in [0.25, 0.3) is 0 Å². The van der Waals surface area contributed by atoms with Crippen LogP contribution in [0.3, 0.4) is 0 Å². The molecule has 0 bridgehead atoms. The van der Waals surface area contributed by atoms with Gasteiger partial charge in [-0.25, -0.2) is 0 Å². The van der Waals surface area contributed by atoms with Crippen molar-refractivity contribution in [3.63, 3.8) is 0 Å². The third-order valence-electron chi connectivity index (χ3n) is 3.08. The predicted molar refractivity (Wildman–Crippen MR) is 65.5 cm³/mol. The highest BCUT2D eigenvalue weighted by Crippen LogP contribution is 2.47. The van der Waals surface area contributed by atoms with Crippen molar-refractivity contribution < 1.29 is 0 Å². The summed E-state index contributed by atoms with van der Waals surface area (Å²) in [5.41, 5.74) is 3.50. The van der Waals surface area contributed by atoms with Crippen LogP contribution >= 0.6 is 22.9 Å². The van der Waals surface area contributed by atoms with Gasteiger partial charge in [-0.05, 0) is 17.0 Å². The first-order valence-corrected chi connectivity index (χ1v) is 6.19. The summed E-state index contributed by atoms with van der Waals surface area (Å²) in [5, 5.41) is 5.39. The molecule has 2 aliphatic rings. The molecule has 1 aromatic rings. The van der Waals surface area contributed by atoms with E-state index in [-0.39, 0.29) is 11.0 Å². The Morgan fingerprint density at radius 2 is 2.33 bits per heavy atom. The summed E-state index contributed by atoms with van der Waals surface area (Å²) in [6.07, 6.45) is 1.90. The highest BCUT2D eigenvalue weighted by molar-refractivity contribution is 7.11. The van der Waals surface area contributed by atoms with E-state index in [4.69, 9.17) is 11.6 Å². The van der Waals surface area contributed by atoms with Crippen LogP contribution in [0.4, 0.5) is 0 Å². The summed E-state index contributed by atoms with van der Waals surface area (Å²) in [6.45, 7) is 4.44. The maximum atomic E-state index is 5.98. The Bertz CT molecular complexity index is 485. The SMILES string of the molecule is CC1(C)C2=C(C=NC(Cl)N2)c2sccc21. The molecule has 0 radical (unpaired) electrons. The normalized spacial score (nSPS) is 26.2. The van der Waals surface area contributed by atoms with Gasteiger partial charge in [0, 0.05) is 27.8 Å². The molecule has 0 spiro atoms. The predicted octanol–water partition coefficient (Wildman–Crippen LogP) is 2.95. The van der Waals surface area contributed by atoms with E-state index in [1.807, 2.05) is 6.21 Å². The Labute approximate surface area is 97.7 Å². The van der Waals surface area contributed by atoms with Gasteiger partial charge in [0.15, 0.2) is 5.62 Å². The third-order valence-corrected chi connectivity index (χ3v) is 4.24. The Balaban J connectivity index is 2.22. The highest BCUT2D eigenvalue weighted by Gasteiger charge is 2.40. The first-order valence-electron chi connectivity index (χ1n) is 4.87. The number of nitrogens with zero attached hydrogens (tertiary/aromatic N) is 1. The molecule has 4 heteroatoms. The van der Waals surface area contributed by atoms with Crippen LogP contribution in [0.1, 0.15) is 24.3 Å². The molecule has 1 aliphatic carbocycles. The highest BCUT2D eigenvalue weighted by atomic mass is 35.5. The molecular formula is C11H11ClN2S. The fourth-order valence-electron chi connectivity index (χ4n) is 2.27. The minimum atomic E-state index is -0.322. The van der Waals surface area contributed by atoms with Gasteiger partial charge in [-0.2, -0.15) is 0 Å². The summed E-state index contributed by atoms with van der Waals surface area (Å²) in [4.78, 5) is 5.52. The quantitative estimate of drug-likeness (QED) is 0.546. The lowest BCUT2D eigenvalue weighted by Crippen LogP contribution is -2.33. The molecule has 0 aromatic carbocycles. The van der Waals surface area contributed by atoms with E-state index in [1.54, 1.807) is 11.3 Å². The Morgan fingerprint density at radius 3 is 3.13 bits per heavy atom. The largest absolute Gasteiger partial charge is 0.353 e. The van der Waals surface area contributed by atoms with E-state index in [2.05, 4.69) is 35.6 Å². The van der Waals surface area contributed by atoms with E-state index in [1.165, 1.54) is 21.7 Å². The van der Waals surface area contributed by atoms with Gasteiger partial charge in [-0.1, -0.05) is 25.4 Å². The van der Waals surface area contributed by atoms with Gasteiger partial charge >= 0.3 is 0 Å². The second-order valence-electron chi connectivity index (χ2n) is 4.34. The molecule has 15 heavy (non-hydrogen) atoms. The first kappa shape index (κ1) is 9.43. The fourth-order valence-corrected chi connectivity index (χ4v) is 3.51. The van der Waals surface area contributed by atoms with E-state index in [0.717, 1.165) is 0 Å². The lowest BCUT2D eigenvalue weighted by atomic mass is 9.86. The standard InChI is InChI=1S/C11H11ClN2S/c1-11(2)7-3-4-15-8(7)6-5-13-10(12)14-9(6)11/h3-5,10,14H,1-2H3. The Morgan fingerprint density at radius 1 is 1.53 bits per heavy atom. The summed E-state index contributed by atoms with van der Waals surface area (Å²) in [5.74, 6) is 0. The number of nitrogens with one attached hydrogen (secondary N) is 1. The van der Waals surface area contributed by atoms with Crippen molar-refractivity contribution in [3.05, 3.63) is 27.6 Å². The smallest absolute Gasteiger partial charge is 0.195 e. The van der Waals surface area contributed by atoms with Crippen LogP contribution < -0.4 is 5.32 Å². The molecule has 1 aromatic heterocycles. The zero-order valence-electron chi connectivity index (χ0n) is 8.54. The number of thiophene rings is 1. The molecule has 0 amide bonds. The Hall–Kier alpha value is -0.800. The van der Waals surface area contributed by atoms with Gasteiger partial charge in [0.05, 0.1) is 0 Å². The number of hydrogen-bond acceptors (Lipinski definition) is 3. The van der Waals surface area contributed by atoms with Crippen molar-refractivity contribution in [1.29, 1.82) is 0 Å². The number of aliphatic imine (C=N–C) groups is 1. The maximum absolute atomic E-state index is 5.98. The summed E-state index contributed by atoms with van der Waals surface area (Å²) < 4.78 is 0. The topological polar surface area (TPSA) is 24.4 Å². The van der Waals surface area contributed by atoms with Gasteiger partial charge < -0.3 is 5.32 Å². The van der Waals surface area contributed by atoms with Crippen molar-refractivity contribution >= 4 is 34.7 Å². The zero-order valence-corrected chi connectivity index (χ0v) is 10.1. The second kappa shape index (κ2) is 2.86. The molecule has 1 atom stereocenters. The summed E-state index contributed by atoms with van der Waals surface area (Å²) in [7, 11) is 0. The average molecular weight is 239 g/mol. The van der Waals surface area contributed by atoms with Crippen LogP contribution in [-0.2, 0) is 5.41 Å². The Kier molecular flexibility index (Phi) is 1.80.